The van der Waals surface area contributed by atoms with Gasteiger partial charge < -0.3 is 4.74 Å². The van der Waals surface area contributed by atoms with Crippen LogP contribution in [0.3, 0.4) is 0 Å². The molecule has 0 aromatic rings. The summed E-state index contributed by atoms with van der Waals surface area (Å²) in [6, 6.07) is 0. The monoisotopic (exact) mass is 294 g/mol. The smallest absolute Gasteiger partial charge is 0.338 e. The maximum absolute atomic E-state index is 12.4. The molecular formula is C17H27O2P. The third kappa shape index (κ3) is 2.06. The van der Waals surface area contributed by atoms with Crippen LogP contribution in [0.4, 0.5) is 0 Å². The number of rotatable bonds is 4. The van der Waals surface area contributed by atoms with Crippen LogP contribution in [0.5, 0.6) is 0 Å². The summed E-state index contributed by atoms with van der Waals surface area (Å²) in [6.45, 7) is 10.4. The van der Waals surface area contributed by atoms with Gasteiger partial charge in [-0.2, -0.15) is 0 Å². The molecule has 1 unspecified atom stereocenters. The predicted molar refractivity (Wildman–Crippen MR) is 84.1 cm³/mol. The van der Waals surface area contributed by atoms with Crippen LogP contribution in [0.15, 0.2) is 11.9 Å². The molecule has 0 saturated heterocycles. The number of hydrogen-bond acceptors (Lipinski definition) is 2. The Morgan fingerprint density at radius 3 is 2.05 bits per heavy atom. The van der Waals surface area contributed by atoms with Crippen LogP contribution in [0.2, 0.25) is 0 Å². The van der Waals surface area contributed by atoms with Crippen molar-refractivity contribution in [3.63, 3.8) is 0 Å². The molecule has 4 saturated carbocycles. The zero-order valence-electron chi connectivity index (χ0n) is 12.9. The summed E-state index contributed by atoms with van der Waals surface area (Å²) in [4.78, 5) is 12.4. The summed E-state index contributed by atoms with van der Waals surface area (Å²) in [5.74, 6) is 3.27. The number of esters is 1. The maximum Gasteiger partial charge on any atom is 0.338 e. The van der Waals surface area contributed by atoms with E-state index in [4.69, 9.17) is 4.74 Å². The standard InChI is InChI=1S/C17H27O2P/c1-10(2)17(19-16(18)11(3)20-4)14-6-12-5-13(8-14)9-15(17)7-12/h10,12-15,20H,3,5-9H2,1-2,4H3. The topological polar surface area (TPSA) is 26.3 Å². The second kappa shape index (κ2) is 5.13. The zero-order chi connectivity index (χ0) is 14.5. The summed E-state index contributed by atoms with van der Waals surface area (Å²) in [6.07, 6.45) is 6.54. The van der Waals surface area contributed by atoms with Crippen LogP contribution in [-0.4, -0.2) is 18.2 Å². The molecule has 0 amide bonds. The largest absolute Gasteiger partial charge is 0.455 e. The normalized spacial score (nSPS) is 42.6. The van der Waals surface area contributed by atoms with Gasteiger partial charge >= 0.3 is 5.97 Å². The highest BCUT2D eigenvalue weighted by molar-refractivity contribution is 7.43. The number of hydrogen-bond donors (Lipinski definition) is 0. The third-order valence-electron chi connectivity index (χ3n) is 6.13. The Kier molecular flexibility index (Phi) is 3.73. The molecule has 0 spiro atoms. The van der Waals surface area contributed by atoms with E-state index in [-0.39, 0.29) is 11.6 Å². The van der Waals surface area contributed by atoms with Gasteiger partial charge in [0.25, 0.3) is 0 Å². The van der Waals surface area contributed by atoms with Gasteiger partial charge in [0, 0.05) is 0 Å². The van der Waals surface area contributed by atoms with Crippen molar-refractivity contribution >= 4 is 14.6 Å². The van der Waals surface area contributed by atoms with Gasteiger partial charge in [0.15, 0.2) is 0 Å². The van der Waals surface area contributed by atoms with Gasteiger partial charge in [0.2, 0.25) is 0 Å². The molecule has 4 rings (SSSR count). The minimum absolute atomic E-state index is 0.132. The Morgan fingerprint density at radius 1 is 1.15 bits per heavy atom. The molecule has 0 radical (unpaired) electrons. The van der Waals surface area contributed by atoms with Gasteiger partial charge in [0.05, 0.1) is 5.31 Å². The van der Waals surface area contributed by atoms with Crippen molar-refractivity contribution in [2.24, 2.45) is 29.6 Å². The van der Waals surface area contributed by atoms with E-state index in [1.165, 1.54) is 32.1 Å². The van der Waals surface area contributed by atoms with Crippen molar-refractivity contribution in [2.75, 3.05) is 6.66 Å². The van der Waals surface area contributed by atoms with E-state index >= 15 is 0 Å². The van der Waals surface area contributed by atoms with E-state index in [1.54, 1.807) is 0 Å². The Labute approximate surface area is 124 Å². The van der Waals surface area contributed by atoms with Gasteiger partial charge in [0.1, 0.15) is 5.60 Å². The van der Waals surface area contributed by atoms with Crippen molar-refractivity contribution in [1.82, 2.24) is 0 Å². The van der Waals surface area contributed by atoms with Crippen LogP contribution < -0.4 is 0 Å². The van der Waals surface area contributed by atoms with Crippen molar-refractivity contribution < 1.29 is 9.53 Å². The highest BCUT2D eigenvalue weighted by Gasteiger charge is 2.60. The van der Waals surface area contributed by atoms with E-state index in [0.717, 1.165) is 11.8 Å². The lowest BCUT2D eigenvalue weighted by molar-refractivity contribution is -0.221. The Morgan fingerprint density at radius 2 is 1.65 bits per heavy atom. The van der Waals surface area contributed by atoms with Crippen molar-refractivity contribution in [3.8, 4) is 0 Å². The van der Waals surface area contributed by atoms with Crippen molar-refractivity contribution in [2.45, 2.75) is 51.6 Å². The Bertz CT molecular complexity index is 399. The minimum Gasteiger partial charge on any atom is -0.455 e. The van der Waals surface area contributed by atoms with E-state index < -0.39 is 0 Å². The highest BCUT2D eigenvalue weighted by atomic mass is 31.1. The number of carbonyl (C=O) groups is 1. The lowest BCUT2D eigenvalue weighted by Gasteiger charge is -2.61. The van der Waals surface area contributed by atoms with Crippen LogP contribution in [0.25, 0.3) is 0 Å². The zero-order valence-corrected chi connectivity index (χ0v) is 13.9. The molecule has 0 aliphatic heterocycles. The molecule has 0 aromatic carbocycles. The van der Waals surface area contributed by atoms with Crippen LogP contribution in [0.1, 0.15) is 46.0 Å². The summed E-state index contributed by atoms with van der Waals surface area (Å²) in [5.41, 5.74) is -0.201. The lowest BCUT2D eigenvalue weighted by Crippen LogP contribution is -2.62. The third-order valence-corrected chi connectivity index (χ3v) is 6.94. The molecular weight excluding hydrogens is 267 g/mol. The molecule has 112 valence electrons. The van der Waals surface area contributed by atoms with Crippen LogP contribution in [-0.2, 0) is 9.53 Å². The van der Waals surface area contributed by atoms with Gasteiger partial charge in [-0.3, -0.25) is 0 Å². The first-order valence-electron chi connectivity index (χ1n) is 8.07. The summed E-state index contributed by atoms with van der Waals surface area (Å²) in [5, 5.41) is 0.652. The van der Waals surface area contributed by atoms with Crippen LogP contribution >= 0.6 is 8.58 Å². The van der Waals surface area contributed by atoms with E-state index in [2.05, 4.69) is 20.4 Å². The summed E-state index contributed by atoms with van der Waals surface area (Å²) < 4.78 is 6.20. The predicted octanol–water partition coefficient (Wildman–Crippen LogP) is 4.20. The SMILES string of the molecule is C=C(PC)C(=O)OC1(C(C)C)C2CC3CC(C2)CC1C3. The fourth-order valence-electron chi connectivity index (χ4n) is 5.47. The first-order valence-corrected chi connectivity index (χ1v) is 9.57. The van der Waals surface area contributed by atoms with Gasteiger partial charge in [-0.25, -0.2) is 4.79 Å². The Hall–Kier alpha value is -0.360. The molecule has 2 nitrogen and oxygen atoms in total. The molecule has 1 atom stereocenters. The lowest BCUT2D eigenvalue weighted by atomic mass is 9.47. The fourth-order valence-corrected chi connectivity index (χ4v) is 5.73. The molecule has 4 bridgehead atoms. The second-order valence-electron chi connectivity index (χ2n) is 7.43. The average Bonchev–Trinajstić information content (AvgIpc) is 2.40. The van der Waals surface area contributed by atoms with Crippen molar-refractivity contribution in [1.29, 1.82) is 0 Å². The van der Waals surface area contributed by atoms with E-state index in [0.29, 0.717) is 31.6 Å². The molecule has 3 heteroatoms. The van der Waals surface area contributed by atoms with Crippen LogP contribution in [0, 0.1) is 29.6 Å². The van der Waals surface area contributed by atoms with E-state index in [9.17, 15) is 4.79 Å². The molecule has 0 aromatic heterocycles. The molecule has 0 heterocycles. The molecule has 4 aliphatic rings. The molecule has 4 fully saturated rings. The van der Waals surface area contributed by atoms with Crippen molar-refractivity contribution in [3.05, 3.63) is 11.9 Å². The number of ether oxygens (including phenoxy) is 1. The average molecular weight is 294 g/mol. The molecule has 20 heavy (non-hydrogen) atoms. The van der Waals surface area contributed by atoms with E-state index in [1.807, 2.05) is 6.66 Å². The second-order valence-corrected chi connectivity index (χ2v) is 8.53. The first kappa shape index (κ1) is 14.6. The molecule has 4 aliphatic carbocycles. The maximum atomic E-state index is 12.4. The highest BCUT2D eigenvalue weighted by Crippen LogP contribution is 2.61. The summed E-state index contributed by atoms with van der Waals surface area (Å²) >= 11 is 0. The minimum atomic E-state index is -0.201. The Balaban J connectivity index is 1.89. The first-order chi connectivity index (χ1) is 9.47. The van der Waals surface area contributed by atoms with Gasteiger partial charge in [-0.1, -0.05) is 29.0 Å². The summed E-state index contributed by atoms with van der Waals surface area (Å²) in [7, 11) is 0.451. The fraction of sp³-hybridized carbons (Fsp3) is 0.824. The molecule has 0 N–H and O–H groups in total. The number of carbonyl (C=O) groups excluding carboxylic acids is 1. The van der Waals surface area contributed by atoms with Gasteiger partial charge in [-0.15, -0.1) is 0 Å². The quantitative estimate of drug-likeness (QED) is 0.441. The van der Waals surface area contributed by atoms with Gasteiger partial charge in [-0.05, 0) is 68.4 Å².